The summed E-state index contributed by atoms with van der Waals surface area (Å²) in [5.41, 5.74) is 2.11. The molecule has 1 saturated heterocycles. The summed E-state index contributed by atoms with van der Waals surface area (Å²) in [4.78, 5) is 17.7. The third kappa shape index (κ3) is 6.89. The SMILES string of the molecule is CCCCCCNC(=O)N1CCC(CNCC(O)COc2cccc3[nH]c4ccccc4c23)CC1. The molecule has 0 radical (unpaired) electrons. The number of H-pyrrole nitrogens is 1. The van der Waals surface area contributed by atoms with Crippen LogP contribution in [0.4, 0.5) is 4.79 Å². The second-order valence-corrected chi connectivity index (χ2v) is 9.70. The Bertz CT molecular complexity index is 1070. The van der Waals surface area contributed by atoms with Gasteiger partial charge < -0.3 is 30.4 Å². The number of carbonyl (C=O) groups excluding carboxylic acids is 1. The van der Waals surface area contributed by atoms with E-state index in [2.05, 4.69) is 34.7 Å². The largest absolute Gasteiger partial charge is 0.490 e. The van der Waals surface area contributed by atoms with E-state index in [9.17, 15) is 9.90 Å². The number of likely N-dealkylation sites (tertiary alicyclic amines) is 1. The molecule has 4 N–H and O–H groups in total. The van der Waals surface area contributed by atoms with Crippen molar-refractivity contribution in [3.63, 3.8) is 0 Å². The van der Waals surface area contributed by atoms with Gasteiger partial charge in [0.25, 0.3) is 0 Å². The van der Waals surface area contributed by atoms with Gasteiger partial charge in [0.15, 0.2) is 0 Å². The number of hydrogen-bond acceptors (Lipinski definition) is 4. The number of carbonyl (C=O) groups is 1. The summed E-state index contributed by atoms with van der Waals surface area (Å²) in [5.74, 6) is 1.31. The lowest BCUT2D eigenvalue weighted by atomic mass is 9.97. The van der Waals surface area contributed by atoms with Crippen molar-refractivity contribution in [2.75, 3.05) is 39.3 Å². The smallest absolute Gasteiger partial charge is 0.317 e. The first-order chi connectivity index (χ1) is 17.2. The average Bonchev–Trinajstić information content (AvgIpc) is 3.27. The van der Waals surface area contributed by atoms with E-state index < -0.39 is 6.10 Å². The summed E-state index contributed by atoms with van der Waals surface area (Å²) in [5, 5.41) is 19.1. The second-order valence-electron chi connectivity index (χ2n) is 9.70. The topological polar surface area (TPSA) is 89.6 Å². The Labute approximate surface area is 208 Å². The van der Waals surface area contributed by atoms with Gasteiger partial charge in [-0.3, -0.25) is 0 Å². The molecule has 1 unspecified atom stereocenters. The lowest BCUT2D eigenvalue weighted by Crippen LogP contribution is -2.46. The number of aliphatic hydroxyl groups excluding tert-OH is 1. The van der Waals surface area contributed by atoms with Gasteiger partial charge in [0.1, 0.15) is 18.5 Å². The van der Waals surface area contributed by atoms with Gasteiger partial charge in [0, 0.05) is 42.5 Å². The van der Waals surface area contributed by atoms with Crippen molar-refractivity contribution < 1.29 is 14.6 Å². The molecule has 0 saturated carbocycles. The molecule has 1 fully saturated rings. The Balaban J connectivity index is 1.14. The van der Waals surface area contributed by atoms with Crippen molar-refractivity contribution >= 4 is 27.8 Å². The van der Waals surface area contributed by atoms with Gasteiger partial charge in [-0.1, -0.05) is 50.5 Å². The number of fused-ring (bicyclic) bond motifs is 3. The van der Waals surface area contributed by atoms with E-state index in [1.165, 1.54) is 19.3 Å². The first-order valence-corrected chi connectivity index (χ1v) is 13.2. The predicted molar refractivity (Wildman–Crippen MR) is 142 cm³/mol. The monoisotopic (exact) mass is 480 g/mol. The van der Waals surface area contributed by atoms with Crippen molar-refractivity contribution in [3.05, 3.63) is 42.5 Å². The number of para-hydroxylation sites is 1. The Morgan fingerprint density at radius 2 is 1.91 bits per heavy atom. The highest BCUT2D eigenvalue weighted by molar-refractivity contribution is 6.10. The number of urea groups is 1. The molecule has 0 bridgehead atoms. The quantitative estimate of drug-likeness (QED) is 0.284. The minimum absolute atomic E-state index is 0.0747. The number of nitrogens with one attached hydrogen (secondary N) is 3. The molecule has 3 aromatic rings. The van der Waals surface area contributed by atoms with Gasteiger partial charge in [0.05, 0.1) is 5.52 Å². The third-order valence-electron chi connectivity index (χ3n) is 6.94. The van der Waals surface area contributed by atoms with Gasteiger partial charge in [-0.15, -0.1) is 0 Å². The summed E-state index contributed by atoms with van der Waals surface area (Å²) in [6, 6.07) is 14.2. The number of piperidine rings is 1. The Hall–Kier alpha value is -2.77. The van der Waals surface area contributed by atoms with Crippen LogP contribution in [-0.2, 0) is 0 Å². The zero-order chi connectivity index (χ0) is 24.5. The fourth-order valence-corrected chi connectivity index (χ4v) is 4.89. The van der Waals surface area contributed by atoms with Crippen LogP contribution >= 0.6 is 0 Å². The van der Waals surface area contributed by atoms with Crippen LogP contribution < -0.4 is 15.4 Å². The van der Waals surface area contributed by atoms with Crippen LogP contribution in [-0.4, -0.2) is 66.5 Å². The predicted octanol–water partition coefficient (Wildman–Crippen LogP) is 4.65. The zero-order valence-corrected chi connectivity index (χ0v) is 20.9. The van der Waals surface area contributed by atoms with Gasteiger partial charge >= 0.3 is 6.03 Å². The first kappa shape index (κ1) is 25.3. The first-order valence-electron chi connectivity index (χ1n) is 13.2. The van der Waals surface area contributed by atoms with E-state index in [4.69, 9.17) is 4.74 Å². The summed E-state index contributed by atoms with van der Waals surface area (Å²) in [7, 11) is 0. The van der Waals surface area contributed by atoms with Crippen LogP contribution in [0.1, 0.15) is 45.4 Å². The lowest BCUT2D eigenvalue weighted by molar-refractivity contribution is 0.104. The van der Waals surface area contributed by atoms with Crippen molar-refractivity contribution in [1.82, 2.24) is 20.5 Å². The van der Waals surface area contributed by atoms with Crippen molar-refractivity contribution in [2.45, 2.75) is 51.6 Å². The van der Waals surface area contributed by atoms with Crippen molar-refractivity contribution in [2.24, 2.45) is 5.92 Å². The van der Waals surface area contributed by atoms with Gasteiger partial charge in [0.2, 0.25) is 0 Å². The molecule has 0 spiro atoms. The zero-order valence-electron chi connectivity index (χ0n) is 20.9. The van der Waals surface area contributed by atoms with Crippen LogP contribution in [0.15, 0.2) is 42.5 Å². The van der Waals surface area contributed by atoms with E-state index >= 15 is 0 Å². The highest BCUT2D eigenvalue weighted by Gasteiger charge is 2.22. The maximum Gasteiger partial charge on any atom is 0.317 e. The Kier molecular flexibility index (Phi) is 9.26. The van der Waals surface area contributed by atoms with Crippen LogP contribution in [0.25, 0.3) is 21.8 Å². The Morgan fingerprint density at radius 1 is 1.11 bits per heavy atom. The van der Waals surface area contributed by atoms with Crippen LogP contribution in [0.5, 0.6) is 5.75 Å². The number of hydrogen-bond donors (Lipinski definition) is 4. The lowest BCUT2D eigenvalue weighted by Gasteiger charge is -2.32. The number of benzene rings is 2. The number of unbranched alkanes of at least 4 members (excludes halogenated alkanes) is 3. The normalized spacial score (nSPS) is 15.5. The van der Waals surface area contributed by atoms with Crippen molar-refractivity contribution in [3.8, 4) is 5.75 Å². The molecule has 0 aliphatic carbocycles. The van der Waals surface area contributed by atoms with E-state index in [-0.39, 0.29) is 12.6 Å². The van der Waals surface area contributed by atoms with E-state index in [1.807, 2.05) is 35.2 Å². The summed E-state index contributed by atoms with van der Waals surface area (Å²) in [6.45, 7) is 6.14. The number of aromatic nitrogens is 1. The molecule has 190 valence electrons. The minimum atomic E-state index is -0.589. The van der Waals surface area contributed by atoms with Gasteiger partial charge in [-0.05, 0) is 49.9 Å². The number of rotatable bonds is 12. The molecular weight excluding hydrogens is 440 g/mol. The minimum Gasteiger partial charge on any atom is -0.490 e. The fraction of sp³-hybridized carbons (Fsp3) is 0.536. The highest BCUT2D eigenvalue weighted by Crippen LogP contribution is 2.33. The molecule has 4 rings (SSSR count). The number of aliphatic hydroxyl groups is 1. The van der Waals surface area contributed by atoms with E-state index in [1.54, 1.807) is 0 Å². The molecule has 7 heteroatoms. The van der Waals surface area contributed by atoms with Crippen LogP contribution in [0.3, 0.4) is 0 Å². The molecule has 2 heterocycles. The maximum atomic E-state index is 12.3. The van der Waals surface area contributed by atoms with E-state index in [0.29, 0.717) is 12.5 Å². The molecule has 1 aromatic heterocycles. The molecule has 1 atom stereocenters. The molecule has 1 aliphatic heterocycles. The molecule has 35 heavy (non-hydrogen) atoms. The second kappa shape index (κ2) is 12.8. The number of ether oxygens (including phenoxy) is 1. The number of nitrogens with zero attached hydrogens (tertiary/aromatic N) is 1. The summed E-state index contributed by atoms with van der Waals surface area (Å²) in [6.07, 6.45) is 6.07. The standard InChI is InChI=1S/C28H40N4O3/c1-2-3-4-7-15-30-28(34)32-16-13-21(14-17-32)18-29-19-22(33)20-35-26-12-8-11-25-27(26)23-9-5-6-10-24(23)31-25/h5-6,8-12,21-22,29,31,33H,2-4,7,13-20H2,1H3,(H,30,34). The maximum absolute atomic E-state index is 12.3. The van der Waals surface area contributed by atoms with Gasteiger partial charge in [-0.2, -0.15) is 0 Å². The molecule has 7 nitrogen and oxygen atoms in total. The van der Waals surface area contributed by atoms with Gasteiger partial charge in [-0.25, -0.2) is 4.79 Å². The van der Waals surface area contributed by atoms with Crippen LogP contribution in [0.2, 0.25) is 0 Å². The van der Waals surface area contributed by atoms with E-state index in [0.717, 1.165) is 73.0 Å². The summed E-state index contributed by atoms with van der Waals surface area (Å²) < 4.78 is 6.02. The fourth-order valence-electron chi connectivity index (χ4n) is 4.89. The molecular formula is C28H40N4O3. The van der Waals surface area contributed by atoms with Crippen LogP contribution in [0, 0.1) is 5.92 Å². The molecule has 2 aromatic carbocycles. The third-order valence-corrected chi connectivity index (χ3v) is 6.94. The highest BCUT2D eigenvalue weighted by atomic mass is 16.5. The molecule has 1 aliphatic rings. The number of amides is 2. The molecule has 2 amide bonds. The van der Waals surface area contributed by atoms with Crippen molar-refractivity contribution in [1.29, 1.82) is 0 Å². The summed E-state index contributed by atoms with van der Waals surface area (Å²) >= 11 is 0. The Morgan fingerprint density at radius 3 is 2.74 bits per heavy atom. The average molecular weight is 481 g/mol. The number of aromatic amines is 1.